The molecule has 0 saturated heterocycles. The van der Waals surface area contributed by atoms with Gasteiger partial charge >= 0.3 is 0 Å². The van der Waals surface area contributed by atoms with Crippen LogP contribution in [0.15, 0.2) is 28.9 Å². The lowest BCUT2D eigenvalue weighted by molar-refractivity contribution is 0.606. The maximum Gasteiger partial charge on any atom is 0.127 e. The van der Waals surface area contributed by atoms with E-state index in [9.17, 15) is 0 Å². The second-order valence-corrected chi connectivity index (χ2v) is 2.64. The molecule has 2 aliphatic heterocycles. The van der Waals surface area contributed by atoms with E-state index >= 15 is 0 Å². The van der Waals surface area contributed by atoms with Gasteiger partial charge in [-0.3, -0.25) is 4.99 Å². The van der Waals surface area contributed by atoms with Crippen molar-refractivity contribution in [3.05, 3.63) is 23.9 Å². The molecule has 0 radical (unpaired) electrons. The first-order chi connectivity index (χ1) is 4.86. The van der Waals surface area contributed by atoms with Crippen LogP contribution in [0.1, 0.15) is 6.92 Å². The standard InChI is InChI=1S/C8H10N2/c1-7-2-3-8-9-4-5-10(8)6-7/h2-3,6H,4-5H2,1H3. The van der Waals surface area contributed by atoms with Gasteiger partial charge in [0, 0.05) is 12.7 Å². The lowest BCUT2D eigenvalue weighted by atomic mass is 10.2. The fourth-order valence-electron chi connectivity index (χ4n) is 1.25. The number of nitrogens with zero attached hydrogens (tertiary/aromatic N) is 2. The zero-order valence-electron chi connectivity index (χ0n) is 6.04. The minimum Gasteiger partial charge on any atom is -0.331 e. The summed E-state index contributed by atoms with van der Waals surface area (Å²) in [6.07, 6.45) is 6.31. The largest absolute Gasteiger partial charge is 0.331 e. The number of amidine groups is 1. The van der Waals surface area contributed by atoms with Gasteiger partial charge in [0.05, 0.1) is 6.54 Å². The summed E-state index contributed by atoms with van der Waals surface area (Å²) in [7, 11) is 0. The molecule has 2 rings (SSSR count). The molecule has 0 amide bonds. The predicted molar refractivity (Wildman–Crippen MR) is 41.9 cm³/mol. The highest BCUT2D eigenvalue weighted by molar-refractivity contribution is 5.96. The molecule has 0 aromatic carbocycles. The summed E-state index contributed by atoms with van der Waals surface area (Å²) in [6, 6.07) is 0. The van der Waals surface area contributed by atoms with Crippen LogP contribution in [0.25, 0.3) is 0 Å². The maximum absolute atomic E-state index is 4.30. The molecule has 2 nitrogen and oxygen atoms in total. The Hall–Kier alpha value is -1.05. The Labute approximate surface area is 60.6 Å². The Bertz CT molecular complexity index is 236. The van der Waals surface area contributed by atoms with Gasteiger partial charge in [-0.15, -0.1) is 0 Å². The molecule has 0 fully saturated rings. The summed E-state index contributed by atoms with van der Waals surface area (Å²) in [5.41, 5.74) is 1.31. The second-order valence-electron chi connectivity index (χ2n) is 2.64. The average molecular weight is 134 g/mol. The molecular weight excluding hydrogens is 124 g/mol. The molecule has 0 aromatic heterocycles. The van der Waals surface area contributed by atoms with Crippen molar-refractivity contribution in [2.75, 3.05) is 13.1 Å². The smallest absolute Gasteiger partial charge is 0.127 e. The Balaban J connectivity index is 2.32. The summed E-state index contributed by atoms with van der Waals surface area (Å²) < 4.78 is 0. The highest BCUT2D eigenvalue weighted by atomic mass is 15.2. The number of aliphatic imine (C=N–C) groups is 1. The maximum atomic E-state index is 4.30. The Morgan fingerprint density at radius 3 is 3.30 bits per heavy atom. The molecule has 0 unspecified atom stereocenters. The van der Waals surface area contributed by atoms with Gasteiger partial charge < -0.3 is 4.90 Å². The van der Waals surface area contributed by atoms with Gasteiger partial charge in [-0.2, -0.15) is 0 Å². The zero-order chi connectivity index (χ0) is 6.97. The third-order valence-electron chi connectivity index (χ3n) is 1.76. The van der Waals surface area contributed by atoms with E-state index in [2.05, 4.69) is 35.2 Å². The van der Waals surface area contributed by atoms with Gasteiger partial charge in [0.2, 0.25) is 0 Å². The summed E-state index contributed by atoms with van der Waals surface area (Å²) in [6.45, 7) is 4.10. The SMILES string of the molecule is CC1=CN2CCN=C2C=C1. The first kappa shape index (κ1) is 5.71. The molecule has 2 aliphatic rings. The average Bonchev–Trinajstić information content (AvgIpc) is 2.33. The number of rotatable bonds is 0. The van der Waals surface area contributed by atoms with Crippen LogP contribution in [0, 0.1) is 0 Å². The monoisotopic (exact) mass is 134 g/mol. The Kier molecular flexibility index (Phi) is 1.13. The van der Waals surface area contributed by atoms with E-state index < -0.39 is 0 Å². The van der Waals surface area contributed by atoms with Crippen molar-refractivity contribution in [2.24, 2.45) is 4.99 Å². The normalized spacial score (nSPS) is 22.3. The molecule has 0 saturated carbocycles. The van der Waals surface area contributed by atoms with E-state index in [0.29, 0.717) is 0 Å². The molecule has 0 aliphatic carbocycles. The van der Waals surface area contributed by atoms with E-state index in [-0.39, 0.29) is 0 Å². The molecular formula is C8H10N2. The molecule has 2 heterocycles. The molecule has 0 bridgehead atoms. The van der Waals surface area contributed by atoms with E-state index in [0.717, 1.165) is 18.9 Å². The van der Waals surface area contributed by atoms with Crippen LogP contribution in [0.3, 0.4) is 0 Å². The molecule has 2 heteroatoms. The van der Waals surface area contributed by atoms with Crippen molar-refractivity contribution in [2.45, 2.75) is 6.92 Å². The summed E-state index contributed by atoms with van der Waals surface area (Å²) in [5, 5.41) is 0. The van der Waals surface area contributed by atoms with Crippen LogP contribution in [0.4, 0.5) is 0 Å². The number of hydrogen-bond donors (Lipinski definition) is 0. The van der Waals surface area contributed by atoms with Crippen LogP contribution >= 0.6 is 0 Å². The fraction of sp³-hybridized carbons (Fsp3) is 0.375. The quantitative estimate of drug-likeness (QED) is 0.485. The van der Waals surface area contributed by atoms with Gasteiger partial charge in [0.15, 0.2) is 0 Å². The summed E-state index contributed by atoms with van der Waals surface area (Å²) >= 11 is 0. The Morgan fingerprint density at radius 1 is 1.50 bits per heavy atom. The third kappa shape index (κ3) is 0.764. The first-order valence-corrected chi connectivity index (χ1v) is 3.54. The number of fused-ring (bicyclic) bond motifs is 1. The zero-order valence-corrected chi connectivity index (χ0v) is 6.04. The van der Waals surface area contributed by atoms with E-state index in [1.807, 2.05) is 0 Å². The molecule has 52 valence electrons. The summed E-state index contributed by atoms with van der Waals surface area (Å²) in [5.74, 6) is 1.12. The van der Waals surface area contributed by atoms with Gasteiger partial charge in [0.25, 0.3) is 0 Å². The lowest BCUT2D eigenvalue weighted by Gasteiger charge is -2.16. The fourth-order valence-corrected chi connectivity index (χ4v) is 1.25. The molecule has 0 spiro atoms. The van der Waals surface area contributed by atoms with Crippen molar-refractivity contribution in [1.29, 1.82) is 0 Å². The van der Waals surface area contributed by atoms with Crippen molar-refractivity contribution in [3.63, 3.8) is 0 Å². The van der Waals surface area contributed by atoms with Crippen LogP contribution in [0.2, 0.25) is 0 Å². The van der Waals surface area contributed by atoms with Crippen molar-refractivity contribution >= 4 is 5.84 Å². The number of hydrogen-bond acceptors (Lipinski definition) is 2. The van der Waals surface area contributed by atoms with Crippen molar-refractivity contribution < 1.29 is 0 Å². The minimum atomic E-state index is 0.948. The van der Waals surface area contributed by atoms with Gasteiger partial charge in [0.1, 0.15) is 5.84 Å². The highest BCUT2D eigenvalue weighted by Gasteiger charge is 2.13. The van der Waals surface area contributed by atoms with Gasteiger partial charge in [-0.25, -0.2) is 0 Å². The topological polar surface area (TPSA) is 15.6 Å². The van der Waals surface area contributed by atoms with Crippen LogP contribution in [0.5, 0.6) is 0 Å². The third-order valence-corrected chi connectivity index (χ3v) is 1.76. The molecule has 10 heavy (non-hydrogen) atoms. The Morgan fingerprint density at radius 2 is 2.40 bits per heavy atom. The van der Waals surface area contributed by atoms with E-state index in [1.54, 1.807) is 0 Å². The first-order valence-electron chi connectivity index (χ1n) is 3.54. The predicted octanol–water partition coefficient (Wildman–Crippen LogP) is 1.17. The van der Waals surface area contributed by atoms with Gasteiger partial charge in [-0.1, -0.05) is 6.08 Å². The highest BCUT2D eigenvalue weighted by Crippen LogP contribution is 2.12. The number of allylic oxidation sites excluding steroid dienone is 2. The van der Waals surface area contributed by atoms with Gasteiger partial charge in [-0.05, 0) is 18.6 Å². The molecule has 0 N–H and O–H groups in total. The minimum absolute atomic E-state index is 0.948. The summed E-state index contributed by atoms with van der Waals surface area (Å²) in [4.78, 5) is 6.49. The second kappa shape index (κ2) is 1.97. The molecule has 0 atom stereocenters. The molecule has 0 aromatic rings. The lowest BCUT2D eigenvalue weighted by Crippen LogP contribution is -2.22. The van der Waals surface area contributed by atoms with Crippen molar-refractivity contribution in [3.8, 4) is 0 Å². The van der Waals surface area contributed by atoms with Crippen molar-refractivity contribution in [1.82, 2.24) is 4.90 Å². The van der Waals surface area contributed by atoms with Crippen LogP contribution < -0.4 is 0 Å². The van der Waals surface area contributed by atoms with E-state index in [4.69, 9.17) is 0 Å². The van der Waals surface area contributed by atoms with Crippen LogP contribution in [-0.4, -0.2) is 23.8 Å². The van der Waals surface area contributed by atoms with Crippen LogP contribution in [-0.2, 0) is 0 Å². The van der Waals surface area contributed by atoms with E-state index in [1.165, 1.54) is 5.57 Å².